The predicted octanol–water partition coefficient (Wildman–Crippen LogP) is 1.52. The van der Waals surface area contributed by atoms with Crippen LogP contribution in [0.5, 0.6) is 0 Å². The number of nitrogens with zero attached hydrogens (tertiary/aromatic N) is 2. The number of carbonyl (C=O) groups is 1. The summed E-state index contributed by atoms with van der Waals surface area (Å²) in [6.45, 7) is 7.83. The number of rotatable bonds is 4. The van der Waals surface area contributed by atoms with Gasteiger partial charge in [-0.25, -0.2) is 9.71 Å². The molecule has 7 heteroatoms. The molecule has 6 nitrogen and oxygen atoms in total. The number of allylic oxidation sites excluding steroid dienone is 2. The van der Waals surface area contributed by atoms with Gasteiger partial charge >= 0.3 is 0 Å². The van der Waals surface area contributed by atoms with Crippen LogP contribution in [0.2, 0.25) is 0 Å². The minimum absolute atomic E-state index is 0.0551. The van der Waals surface area contributed by atoms with E-state index in [0.717, 1.165) is 11.8 Å². The molecule has 0 radical (unpaired) electrons. The molecule has 1 N–H and O–H groups in total. The third-order valence-electron chi connectivity index (χ3n) is 3.76. The molecule has 1 aromatic rings. The highest BCUT2D eigenvalue weighted by molar-refractivity contribution is 7.90. The number of hydrogen-bond donors (Lipinski definition) is 1. The van der Waals surface area contributed by atoms with E-state index in [-0.39, 0.29) is 22.3 Å². The predicted molar refractivity (Wildman–Crippen MR) is 77.6 cm³/mol. The lowest BCUT2D eigenvalue weighted by molar-refractivity contribution is -0.121. The number of carbonyl (C=O) groups excluding carboxylic acids is 1. The molecule has 1 aliphatic rings. The van der Waals surface area contributed by atoms with Gasteiger partial charge in [0.25, 0.3) is 10.0 Å². The summed E-state index contributed by atoms with van der Waals surface area (Å²) in [6, 6.07) is 0. The SMILES string of the molecule is CC(C)=C[C@H]1[C@H](C(=O)NS(=O)(=O)c2cnccn2)C1(C)C. The minimum atomic E-state index is -3.96. The molecule has 1 fully saturated rings. The van der Waals surface area contributed by atoms with Gasteiger partial charge in [-0.05, 0) is 25.2 Å². The largest absolute Gasteiger partial charge is 0.283 e. The second-order valence-electron chi connectivity index (χ2n) is 6.08. The Bertz CT molecular complexity index is 677. The van der Waals surface area contributed by atoms with E-state index in [4.69, 9.17) is 0 Å². The number of hydrogen-bond acceptors (Lipinski definition) is 5. The smallest absolute Gasteiger partial charge is 0.274 e. The summed E-state index contributed by atoms with van der Waals surface area (Å²) in [5, 5.41) is -0.254. The first-order valence-electron chi connectivity index (χ1n) is 6.64. The molecule has 0 spiro atoms. The van der Waals surface area contributed by atoms with Gasteiger partial charge in [-0.2, -0.15) is 8.42 Å². The van der Waals surface area contributed by atoms with E-state index in [1.165, 1.54) is 12.4 Å². The topological polar surface area (TPSA) is 89.0 Å². The highest BCUT2D eigenvalue weighted by Crippen LogP contribution is 2.59. The molecule has 1 aliphatic carbocycles. The Morgan fingerprint density at radius 3 is 2.52 bits per heavy atom. The first-order chi connectivity index (χ1) is 9.66. The van der Waals surface area contributed by atoms with Gasteiger partial charge in [0.05, 0.1) is 12.1 Å². The van der Waals surface area contributed by atoms with Crippen LogP contribution >= 0.6 is 0 Å². The van der Waals surface area contributed by atoms with Crippen molar-refractivity contribution in [3.05, 3.63) is 30.2 Å². The van der Waals surface area contributed by atoms with Crippen LogP contribution in [0.25, 0.3) is 0 Å². The van der Waals surface area contributed by atoms with E-state index >= 15 is 0 Å². The average Bonchev–Trinajstić information content (AvgIpc) is 2.90. The van der Waals surface area contributed by atoms with Crippen LogP contribution in [0.3, 0.4) is 0 Å². The van der Waals surface area contributed by atoms with Crippen LogP contribution in [-0.4, -0.2) is 24.3 Å². The Hall–Kier alpha value is -1.76. The molecule has 1 saturated carbocycles. The van der Waals surface area contributed by atoms with Crippen LogP contribution in [0.4, 0.5) is 0 Å². The van der Waals surface area contributed by atoms with Gasteiger partial charge in [0, 0.05) is 12.4 Å². The molecule has 114 valence electrons. The van der Waals surface area contributed by atoms with E-state index in [0.29, 0.717) is 0 Å². The molecule has 1 amide bonds. The van der Waals surface area contributed by atoms with Gasteiger partial charge in [-0.3, -0.25) is 9.78 Å². The monoisotopic (exact) mass is 309 g/mol. The van der Waals surface area contributed by atoms with Crippen molar-refractivity contribution in [1.82, 2.24) is 14.7 Å². The van der Waals surface area contributed by atoms with Crippen molar-refractivity contribution >= 4 is 15.9 Å². The maximum atomic E-state index is 12.2. The Kier molecular flexibility index (Phi) is 3.88. The van der Waals surface area contributed by atoms with Crippen LogP contribution in [0.1, 0.15) is 27.7 Å². The van der Waals surface area contributed by atoms with Crippen molar-refractivity contribution in [1.29, 1.82) is 0 Å². The lowest BCUT2D eigenvalue weighted by atomic mass is 10.1. The normalized spacial score (nSPS) is 23.2. The summed E-state index contributed by atoms with van der Waals surface area (Å²) >= 11 is 0. The van der Waals surface area contributed by atoms with Crippen molar-refractivity contribution in [2.75, 3.05) is 0 Å². The van der Waals surface area contributed by atoms with E-state index in [2.05, 4.69) is 14.7 Å². The molecule has 21 heavy (non-hydrogen) atoms. The summed E-state index contributed by atoms with van der Waals surface area (Å²) in [5.74, 6) is -0.786. The van der Waals surface area contributed by atoms with Crippen molar-refractivity contribution in [3.8, 4) is 0 Å². The van der Waals surface area contributed by atoms with Crippen molar-refractivity contribution in [2.24, 2.45) is 17.3 Å². The zero-order valence-electron chi connectivity index (χ0n) is 12.5. The second-order valence-corrected chi connectivity index (χ2v) is 7.71. The van der Waals surface area contributed by atoms with Gasteiger partial charge in [-0.1, -0.05) is 25.5 Å². The van der Waals surface area contributed by atoms with Crippen molar-refractivity contribution in [3.63, 3.8) is 0 Å². The van der Waals surface area contributed by atoms with Gasteiger partial charge in [-0.15, -0.1) is 0 Å². The molecule has 0 bridgehead atoms. The molecule has 0 aliphatic heterocycles. The molecule has 2 rings (SSSR count). The van der Waals surface area contributed by atoms with Crippen LogP contribution in [-0.2, 0) is 14.8 Å². The zero-order valence-corrected chi connectivity index (χ0v) is 13.3. The van der Waals surface area contributed by atoms with Crippen LogP contribution < -0.4 is 4.72 Å². The molecule has 2 atom stereocenters. The molecule has 0 unspecified atom stereocenters. The Labute approximate surface area is 124 Å². The standard InChI is InChI=1S/C14H19N3O3S/c1-9(2)7-10-12(14(10,3)4)13(18)17-21(19,20)11-8-15-5-6-16-11/h5-8,10,12H,1-4H3,(H,17,18)/t10-,12+/m0/s1. The van der Waals surface area contributed by atoms with Crippen LogP contribution in [0.15, 0.2) is 35.3 Å². The number of nitrogens with one attached hydrogen (secondary N) is 1. The molecule has 1 heterocycles. The van der Waals surface area contributed by atoms with E-state index in [9.17, 15) is 13.2 Å². The third kappa shape index (κ3) is 3.12. The highest BCUT2D eigenvalue weighted by atomic mass is 32.2. The number of amides is 1. The molecular formula is C14H19N3O3S. The minimum Gasteiger partial charge on any atom is -0.274 e. The van der Waals surface area contributed by atoms with Gasteiger partial charge in [0.1, 0.15) is 0 Å². The maximum absolute atomic E-state index is 12.2. The fourth-order valence-electron chi connectivity index (χ4n) is 2.52. The Morgan fingerprint density at radius 2 is 2.00 bits per heavy atom. The van der Waals surface area contributed by atoms with E-state index < -0.39 is 15.9 Å². The average molecular weight is 309 g/mol. The third-order valence-corrected chi connectivity index (χ3v) is 4.99. The Balaban J connectivity index is 2.15. The summed E-state index contributed by atoms with van der Waals surface area (Å²) < 4.78 is 26.2. The summed E-state index contributed by atoms with van der Waals surface area (Å²) in [7, 11) is -3.96. The molecule has 0 aromatic carbocycles. The van der Waals surface area contributed by atoms with E-state index in [1.807, 2.05) is 33.8 Å². The molecule has 1 aromatic heterocycles. The number of sulfonamides is 1. The summed E-state index contributed by atoms with van der Waals surface area (Å²) in [5.41, 5.74) is 0.874. The fourth-order valence-corrected chi connectivity index (χ4v) is 3.42. The first-order valence-corrected chi connectivity index (χ1v) is 8.12. The summed E-state index contributed by atoms with van der Waals surface area (Å²) in [6.07, 6.45) is 5.77. The molecule has 0 saturated heterocycles. The van der Waals surface area contributed by atoms with Gasteiger partial charge < -0.3 is 0 Å². The lowest BCUT2D eigenvalue weighted by Gasteiger charge is -2.06. The van der Waals surface area contributed by atoms with E-state index in [1.54, 1.807) is 0 Å². The lowest BCUT2D eigenvalue weighted by Crippen LogP contribution is -2.33. The van der Waals surface area contributed by atoms with Gasteiger partial charge in [0.2, 0.25) is 5.91 Å². The van der Waals surface area contributed by atoms with Gasteiger partial charge in [0.15, 0.2) is 5.03 Å². The van der Waals surface area contributed by atoms with Crippen molar-refractivity contribution in [2.45, 2.75) is 32.7 Å². The quantitative estimate of drug-likeness (QED) is 0.852. The van der Waals surface area contributed by atoms with Crippen LogP contribution in [0, 0.1) is 17.3 Å². The summed E-state index contributed by atoms with van der Waals surface area (Å²) in [4.78, 5) is 19.6. The maximum Gasteiger partial charge on any atom is 0.283 e. The molecular weight excluding hydrogens is 290 g/mol. The highest BCUT2D eigenvalue weighted by Gasteiger charge is 2.60. The Morgan fingerprint density at radius 1 is 1.33 bits per heavy atom. The fraction of sp³-hybridized carbons (Fsp3) is 0.500. The number of aromatic nitrogens is 2. The van der Waals surface area contributed by atoms with Crippen molar-refractivity contribution < 1.29 is 13.2 Å². The first kappa shape index (κ1) is 15.6. The zero-order chi connectivity index (χ0) is 15.8. The second kappa shape index (κ2) is 5.22.